The topological polar surface area (TPSA) is 37.3 Å². The summed E-state index contributed by atoms with van der Waals surface area (Å²) in [6.45, 7) is 0. The van der Waals surface area contributed by atoms with Gasteiger partial charge >= 0.3 is 0 Å². The molecule has 0 saturated heterocycles. The maximum atomic E-state index is 12.0. The van der Waals surface area contributed by atoms with Gasteiger partial charge in [-0.05, 0) is 49.4 Å². The molecule has 6 atom stereocenters. The lowest BCUT2D eigenvalue weighted by molar-refractivity contribution is -0.161. The summed E-state index contributed by atoms with van der Waals surface area (Å²) in [6.07, 6.45) is 5.07. The highest BCUT2D eigenvalue weighted by atomic mass is 16.3. The van der Waals surface area contributed by atoms with Crippen LogP contribution in [0.2, 0.25) is 0 Å². The van der Waals surface area contributed by atoms with E-state index in [4.69, 9.17) is 0 Å². The predicted octanol–water partition coefficient (Wildman–Crippen LogP) is 1.37. The Kier molecular flexibility index (Phi) is 1.17. The maximum absolute atomic E-state index is 12.0. The minimum atomic E-state index is -0.283. The largest absolute Gasteiger partial charge is 0.392 e. The van der Waals surface area contributed by atoms with Crippen LogP contribution >= 0.6 is 0 Å². The minimum absolute atomic E-state index is 0.216. The third kappa shape index (κ3) is 0.534. The number of hydrogen-bond acceptors (Lipinski definition) is 2. The number of Topliss-reactive ketones (excluding diaryl/α,β-unsaturated/α-hetero) is 1. The molecule has 0 amide bonds. The van der Waals surface area contributed by atoms with Crippen LogP contribution in [0.5, 0.6) is 0 Å². The van der Waals surface area contributed by atoms with Crippen molar-refractivity contribution in [3.05, 3.63) is 0 Å². The van der Waals surface area contributed by atoms with Crippen molar-refractivity contribution in [3.63, 3.8) is 0 Å². The second kappa shape index (κ2) is 2.08. The van der Waals surface area contributed by atoms with Crippen LogP contribution in [-0.2, 0) is 4.79 Å². The van der Waals surface area contributed by atoms with E-state index in [9.17, 15) is 9.90 Å². The quantitative estimate of drug-likeness (QED) is 0.629. The van der Waals surface area contributed by atoms with E-state index in [-0.39, 0.29) is 11.5 Å². The van der Waals surface area contributed by atoms with Crippen molar-refractivity contribution >= 4 is 5.78 Å². The van der Waals surface area contributed by atoms with Gasteiger partial charge in [0.15, 0.2) is 0 Å². The molecule has 0 aromatic heterocycles. The van der Waals surface area contributed by atoms with E-state index in [2.05, 4.69) is 0 Å². The average molecular weight is 192 g/mol. The molecule has 0 aromatic carbocycles. The molecule has 2 heteroatoms. The first-order chi connectivity index (χ1) is 6.76. The van der Waals surface area contributed by atoms with Gasteiger partial charge in [-0.15, -0.1) is 0 Å². The summed E-state index contributed by atoms with van der Waals surface area (Å²) in [4.78, 5) is 12.0. The lowest BCUT2D eigenvalue weighted by Crippen LogP contribution is -2.58. The van der Waals surface area contributed by atoms with E-state index in [0.29, 0.717) is 23.5 Å². The minimum Gasteiger partial charge on any atom is -0.392 e. The Balaban J connectivity index is 1.88. The molecule has 4 aliphatic rings. The van der Waals surface area contributed by atoms with Crippen LogP contribution in [-0.4, -0.2) is 17.0 Å². The van der Waals surface area contributed by atoms with Gasteiger partial charge in [-0.2, -0.15) is 0 Å². The van der Waals surface area contributed by atoms with Crippen molar-refractivity contribution in [3.8, 4) is 0 Å². The summed E-state index contributed by atoms with van der Waals surface area (Å²) < 4.78 is 0. The molecule has 4 fully saturated rings. The lowest BCUT2D eigenvalue weighted by Gasteiger charge is -2.54. The van der Waals surface area contributed by atoms with E-state index >= 15 is 0 Å². The number of aliphatic hydroxyl groups is 1. The highest BCUT2D eigenvalue weighted by molar-refractivity contribution is 5.90. The van der Waals surface area contributed by atoms with Gasteiger partial charge in [0.2, 0.25) is 0 Å². The molecule has 14 heavy (non-hydrogen) atoms. The normalized spacial score (nSPS) is 63.8. The van der Waals surface area contributed by atoms with Crippen LogP contribution in [0.3, 0.4) is 0 Å². The van der Waals surface area contributed by atoms with Gasteiger partial charge in [0.05, 0.1) is 11.5 Å². The molecule has 0 aliphatic heterocycles. The first-order valence-electron chi connectivity index (χ1n) is 5.97. The summed E-state index contributed by atoms with van der Waals surface area (Å²) >= 11 is 0. The number of ketones is 1. The maximum Gasteiger partial charge on any atom is 0.142 e. The Hall–Kier alpha value is -0.370. The molecule has 1 spiro atoms. The van der Waals surface area contributed by atoms with Gasteiger partial charge in [-0.1, -0.05) is 0 Å². The van der Waals surface area contributed by atoms with E-state index in [1.807, 2.05) is 0 Å². The van der Waals surface area contributed by atoms with Crippen molar-refractivity contribution in [2.45, 2.75) is 38.2 Å². The Morgan fingerprint density at radius 2 is 2.14 bits per heavy atom. The molecule has 0 unspecified atom stereocenters. The van der Waals surface area contributed by atoms with Crippen LogP contribution in [0.25, 0.3) is 0 Å². The second-order valence-corrected chi connectivity index (χ2v) is 5.78. The lowest BCUT2D eigenvalue weighted by atomic mass is 9.49. The zero-order valence-electron chi connectivity index (χ0n) is 8.28. The van der Waals surface area contributed by atoms with Crippen LogP contribution in [0.1, 0.15) is 32.1 Å². The monoisotopic (exact) mass is 192 g/mol. The van der Waals surface area contributed by atoms with Crippen molar-refractivity contribution in [1.29, 1.82) is 0 Å². The number of aliphatic hydroxyl groups excluding tert-OH is 1. The summed E-state index contributed by atoms with van der Waals surface area (Å²) in [5, 5.41) is 10.2. The van der Waals surface area contributed by atoms with E-state index in [1.165, 1.54) is 12.8 Å². The molecular formula is C12H16O2. The van der Waals surface area contributed by atoms with Crippen LogP contribution in [0.4, 0.5) is 0 Å². The Labute approximate surface area is 83.7 Å². The number of fused-ring (bicyclic) bond motifs is 1. The number of rotatable bonds is 0. The van der Waals surface area contributed by atoms with Crippen molar-refractivity contribution in [2.75, 3.05) is 0 Å². The van der Waals surface area contributed by atoms with Gasteiger partial charge in [-0.25, -0.2) is 0 Å². The molecular weight excluding hydrogens is 176 g/mol. The average Bonchev–Trinajstić information content (AvgIpc) is 2.63. The molecule has 0 bridgehead atoms. The van der Waals surface area contributed by atoms with Crippen LogP contribution in [0.15, 0.2) is 0 Å². The van der Waals surface area contributed by atoms with Crippen LogP contribution < -0.4 is 0 Å². The highest BCUT2D eigenvalue weighted by Crippen LogP contribution is 2.75. The second-order valence-electron chi connectivity index (χ2n) is 5.78. The molecule has 76 valence electrons. The highest BCUT2D eigenvalue weighted by Gasteiger charge is 2.76. The summed E-state index contributed by atoms with van der Waals surface area (Å²) in [6, 6.07) is 0. The smallest absolute Gasteiger partial charge is 0.142 e. The molecule has 4 aliphatic carbocycles. The zero-order valence-corrected chi connectivity index (χ0v) is 8.28. The van der Waals surface area contributed by atoms with E-state index in [0.717, 1.165) is 25.2 Å². The molecule has 2 nitrogen and oxygen atoms in total. The number of carbonyl (C=O) groups is 1. The van der Waals surface area contributed by atoms with E-state index < -0.39 is 0 Å². The SMILES string of the molecule is O=C1CC[C@H]2[C@@H]3CC[C@@H]4C[C@@H](O)[C@]12[C@@H]43. The van der Waals surface area contributed by atoms with Crippen molar-refractivity contribution in [2.24, 2.45) is 29.1 Å². The molecule has 1 N–H and O–H groups in total. The standard InChI is InChI=1S/C12H16O2/c13-9-4-3-8-7-2-1-6-5-10(14)12(8,9)11(6)7/h6-8,10-11,14H,1-5H2/t6-,7+,8+,10-,11+,12-/m1/s1. The fourth-order valence-electron chi connectivity index (χ4n) is 5.54. The summed E-state index contributed by atoms with van der Waals surface area (Å²) in [7, 11) is 0. The fourth-order valence-corrected chi connectivity index (χ4v) is 5.54. The fraction of sp³-hybridized carbons (Fsp3) is 0.917. The Bertz CT molecular complexity index is 324. The first-order valence-corrected chi connectivity index (χ1v) is 5.97. The van der Waals surface area contributed by atoms with Crippen molar-refractivity contribution in [1.82, 2.24) is 0 Å². The zero-order chi connectivity index (χ0) is 9.50. The Morgan fingerprint density at radius 1 is 1.29 bits per heavy atom. The molecule has 4 rings (SSSR count). The predicted molar refractivity (Wildman–Crippen MR) is 50.5 cm³/mol. The van der Waals surface area contributed by atoms with Gasteiger partial charge in [0, 0.05) is 6.42 Å². The van der Waals surface area contributed by atoms with Crippen LogP contribution in [0, 0.1) is 29.1 Å². The molecule has 4 saturated carbocycles. The first kappa shape index (κ1) is 7.86. The molecule has 0 heterocycles. The summed E-state index contributed by atoms with van der Waals surface area (Å²) in [5.41, 5.74) is -0.216. The van der Waals surface area contributed by atoms with Gasteiger partial charge in [0.1, 0.15) is 5.78 Å². The van der Waals surface area contributed by atoms with Gasteiger partial charge in [0.25, 0.3) is 0 Å². The van der Waals surface area contributed by atoms with Crippen molar-refractivity contribution < 1.29 is 9.90 Å². The third-order valence-electron chi connectivity index (χ3n) is 5.76. The van der Waals surface area contributed by atoms with Gasteiger partial charge < -0.3 is 5.11 Å². The molecule has 0 radical (unpaired) electrons. The number of hydrogen-bond donors (Lipinski definition) is 1. The third-order valence-corrected chi connectivity index (χ3v) is 5.76. The Morgan fingerprint density at radius 3 is 3.00 bits per heavy atom. The molecule has 0 aromatic rings. The summed E-state index contributed by atoms with van der Waals surface area (Å²) in [5.74, 6) is 3.07. The van der Waals surface area contributed by atoms with Gasteiger partial charge in [-0.3, -0.25) is 4.79 Å². The number of carbonyl (C=O) groups excluding carboxylic acids is 1. The van der Waals surface area contributed by atoms with E-state index in [1.54, 1.807) is 0 Å².